The number of esters is 4. The zero-order chi connectivity index (χ0) is 37.1. The Balaban J connectivity index is 0.000000297. The zero-order valence-corrected chi connectivity index (χ0v) is 28.6. The zero-order valence-electron chi connectivity index (χ0n) is 28.6. The van der Waals surface area contributed by atoms with Gasteiger partial charge in [0.25, 0.3) is 0 Å². The van der Waals surface area contributed by atoms with Crippen molar-refractivity contribution >= 4 is 40.9 Å². The van der Waals surface area contributed by atoms with Crippen molar-refractivity contribution in [1.82, 2.24) is 0 Å². The van der Waals surface area contributed by atoms with Crippen LogP contribution in [0.25, 0.3) is 11.1 Å². The molecule has 0 aliphatic heterocycles. The van der Waals surface area contributed by atoms with Gasteiger partial charge in [0.15, 0.2) is 0 Å². The third kappa shape index (κ3) is 12.2. The van der Waals surface area contributed by atoms with E-state index < -0.39 is 29.3 Å². The van der Waals surface area contributed by atoms with Crippen molar-refractivity contribution in [3.63, 3.8) is 0 Å². The minimum atomic E-state index is -0.837. The van der Waals surface area contributed by atoms with Crippen LogP contribution in [0.1, 0.15) is 13.3 Å². The molecular formula is C42H41NO8. The summed E-state index contributed by atoms with van der Waals surface area (Å²) in [5.74, 6) is -1.80. The average Bonchev–Trinajstić information content (AvgIpc) is 3.19. The molecule has 4 aromatic carbocycles. The molecule has 51 heavy (non-hydrogen) atoms. The Morgan fingerprint density at radius 1 is 0.529 bits per heavy atom. The van der Waals surface area contributed by atoms with Crippen molar-refractivity contribution in [2.75, 3.05) is 24.7 Å². The van der Waals surface area contributed by atoms with Gasteiger partial charge >= 0.3 is 23.9 Å². The highest BCUT2D eigenvalue weighted by molar-refractivity contribution is 5.84. The maximum atomic E-state index is 11.3. The fourth-order valence-corrected chi connectivity index (χ4v) is 4.56. The third-order valence-corrected chi connectivity index (χ3v) is 7.54. The highest BCUT2D eigenvalue weighted by Gasteiger charge is 2.33. The molecule has 0 saturated carbocycles. The molecule has 262 valence electrons. The van der Waals surface area contributed by atoms with Crippen LogP contribution in [-0.2, 0) is 33.4 Å². The van der Waals surface area contributed by atoms with Crippen molar-refractivity contribution in [1.29, 1.82) is 0 Å². The van der Waals surface area contributed by atoms with Crippen LogP contribution in [0, 0.1) is 5.41 Å². The van der Waals surface area contributed by atoms with Crippen LogP contribution in [0.2, 0.25) is 0 Å². The van der Waals surface area contributed by atoms with Gasteiger partial charge in [0.2, 0.25) is 0 Å². The molecule has 0 atom stereocenters. The van der Waals surface area contributed by atoms with Crippen molar-refractivity contribution in [2.45, 2.75) is 13.3 Å². The van der Waals surface area contributed by atoms with Crippen molar-refractivity contribution in [3.05, 3.63) is 160 Å². The van der Waals surface area contributed by atoms with E-state index in [9.17, 15) is 19.2 Å². The van der Waals surface area contributed by atoms with Crippen LogP contribution < -0.4 is 9.64 Å². The Morgan fingerprint density at radius 2 is 0.882 bits per heavy atom. The van der Waals surface area contributed by atoms with Gasteiger partial charge < -0.3 is 23.8 Å². The van der Waals surface area contributed by atoms with E-state index in [0.29, 0.717) is 12.2 Å². The lowest BCUT2D eigenvalue weighted by Gasteiger charge is -2.30. The lowest BCUT2D eigenvalue weighted by molar-refractivity contribution is -0.156. The summed E-state index contributed by atoms with van der Waals surface area (Å²) in [5, 5.41) is 0. The number of carbonyl (C=O) groups excluding carboxylic acids is 4. The fraction of sp³-hybridized carbons (Fsp3) is 0.143. The second kappa shape index (κ2) is 20.1. The van der Waals surface area contributed by atoms with Crippen molar-refractivity contribution < 1.29 is 38.1 Å². The normalized spacial score (nSPS) is 10.2. The minimum Gasteiger partial charge on any atom is -0.462 e. The quantitative estimate of drug-likeness (QED) is 0.0496. The summed E-state index contributed by atoms with van der Waals surface area (Å²) in [5.41, 5.74) is 4.57. The van der Waals surface area contributed by atoms with E-state index in [2.05, 4.69) is 79.7 Å². The molecule has 9 heteroatoms. The summed E-state index contributed by atoms with van der Waals surface area (Å²) < 4.78 is 20.1. The summed E-state index contributed by atoms with van der Waals surface area (Å²) in [6.07, 6.45) is 4.66. The highest BCUT2D eigenvalue weighted by Crippen LogP contribution is 2.35. The first-order valence-corrected chi connectivity index (χ1v) is 16.0. The summed E-state index contributed by atoms with van der Waals surface area (Å²) >= 11 is 0. The molecule has 0 amide bonds. The molecular weight excluding hydrogens is 646 g/mol. The van der Waals surface area contributed by atoms with Gasteiger partial charge in [-0.05, 0) is 66.1 Å². The Labute approximate surface area is 298 Å². The highest BCUT2D eigenvalue weighted by atomic mass is 16.6. The Morgan fingerprint density at radius 3 is 1.24 bits per heavy atom. The number of anilines is 3. The second-order valence-corrected chi connectivity index (χ2v) is 11.0. The first-order chi connectivity index (χ1) is 24.7. The third-order valence-electron chi connectivity index (χ3n) is 7.54. The standard InChI is InChI=1S/C27H21NO2.C15H20O6/c1-2-27(29)30-26-19-15-22(16-20-26)21-13-17-25(18-14-21)28(23-9-5-3-6-10-23)24-11-7-4-8-12-24;1-5-12(16)19-9-15(8-4,10-20-13(17)6-2)11-21-14(18)7-3/h2-20H,1H2;5-7H,1-3,8-11H2,4H3. The van der Waals surface area contributed by atoms with E-state index in [1.54, 1.807) is 19.1 Å². The molecule has 4 rings (SSSR count). The SMILES string of the molecule is C=CC(=O)OCC(CC)(COC(=O)C=C)COC(=O)C=C.C=CC(=O)Oc1ccc(-c2ccc(N(c3ccccc3)c3ccccc3)cc2)cc1. The fourth-order valence-electron chi connectivity index (χ4n) is 4.56. The molecule has 0 fully saturated rings. The average molecular weight is 688 g/mol. The van der Waals surface area contributed by atoms with E-state index in [0.717, 1.165) is 52.5 Å². The van der Waals surface area contributed by atoms with Gasteiger partial charge in [-0.25, -0.2) is 19.2 Å². The molecule has 0 saturated heterocycles. The molecule has 9 nitrogen and oxygen atoms in total. The first-order valence-electron chi connectivity index (χ1n) is 16.0. The summed E-state index contributed by atoms with van der Waals surface area (Å²) in [6, 6.07) is 36.5. The minimum absolute atomic E-state index is 0.0802. The van der Waals surface area contributed by atoms with Crippen LogP contribution >= 0.6 is 0 Å². The number of ether oxygens (including phenoxy) is 4. The number of benzene rings is 4. The maximum Gasteiger partial charge on any atom is 0.335 e. The number of hydrogen-bond acceptors (Lipinski definition) is 9. The number of hydrogen-bond donors (Lipinski definition) is 0. The van der Waals surface area contributed by atoms with E-state index in [1.807, 2.05) is 48.5 Å². The van der Waals surface area contributed by atoms with Gasteiger partial charge in [-0.3, -0.25) is 0 Å². The van der Waals surface area contributed by atoms with Gasteiger partial charge in [-0.2, -0.15) is 0 Å². The largest absolute Gasteiger partial charge is 0.462 e. The van der Waals surface area contributed by atoms with Crippen molar-refractivity contribution in [3.8, 4) is 16.9 Å². The van der Waals surface area contributed by atoms with Crippen LogP contribution in [0.3, 0.4) is 0 Å². The molecule has 0 N–H and O–H groups in total. The molecule has 0 heterocycles. The van der Waals surface area contributed by atoms with Crippen LogP contribution in [0.4, 0.5) is 17.1 Å². The van der Waals surface area contributed by atoms with Gasteiger partial charge in [0.05, 0.1) is 5.41 Å². The van der Waals surface area contributed by atoms with Crippen LogP contribution in [-0.4, -0.2) is 43.7 Å². The second-order valence-electron chi connectivity index (χ2n) is 11.0. The molecule has 0 unspecified atom stereocenters. The molecule has 0 spiro atoms. The van der Waals surface area contributed by atoms with Gasteiger partial charge in [-0.15, -0.1) is 0 Å². The predicted molar refractivity (Wildman–Crippen MR) is 199 cm³/mol. The number of carbonyl (C=O) groups is 4. The van der Waals surface area contributed by atoms with E-state index in [4.69, 9.17) is 18.9 Å². The first kappa shape index (κ1) is 39.0. The van der Waals surface area contributed by atoms with Gasteiger partial charge in [0, 0.05) is 41.4 Å². The molecule has 0 bridgehead atoms. The van der Waals surface area contributed by atoms with Crippen molar-refractivity contribution in [2.24, 2.45) is 5.41 Å². The lowest BCUT2D eigenvalue weighted by Crippen LogP contribution is -2.38. The Bertz CT molecular complexity index is 1680. The molecule has 0 aliphatic carbocycles. The smallest absolute Gasteiger partial charge is 0.335 e. The van der Waals surface area contributed by atoms with Crippen LogP contribution in [0.15, 0.2) is 160 Å². The topological polar surface area (TPSA) is 108 Å². The van der Waals surface area contributed by atoms with E-state index >= 15 is 0 Å². The van der Waals surface area contributed by atoms with E-state index in [-0.39, 0.29) is 19.8 Å². The maximum absolute atomic E-state index is 11.3. The Hall–Kier alpha value is -6.48. The summed E-state index contributed by atoms with van der Waals surface area (Å²) in [4.78, 5) is 47.1. The monoisotopic (exact) mass is 687 g/mol. The number of para-hydroxylation sites is 2. The van der Waals surface area contributed by atoms with E-state index in [1.165, 1.54) is 0 Å². The van der Waals surface area contributed by atoms with Gasteiger partial charge in [-0.1, -0.05) is 93.9 Å². The predicted octanol–water partition coefficient (Wildman–Crippen LogP) is 8.49. The van der Waals surface area contributed by atoms with Gasteiger partial charge in [0.1, 0.15) is 25.6 Å². The molecule has 4 aromatic rings. The summed E-state index contributed by atoms with van der Waals surface area (Å²) in [7, 11) is 0. The van der Waals surface area contributed by atoms with Crippen LogP contribution in [0.5, 0.6) is 5.75 Å². The molecule has 0 aromatic heterocycles. The lowest BCUT2D eigenvalue weighted by atomic mass is 9.88. The molecule has 0 radical (unpaired) electrons. The Kier molecular flexibility index (Phi) is 15.4. The number of nitrogens with zero attached hydrogens (tertiary/aromatic N) is 1. The summed E-state index contributed by atoms with van der Waals surface area (Å²) in [6.45, 7) is 14.8. The molecule has 0 aliphatic rings. The number of rotatable bonds is 16.